The first-order chi connectivity index (χ1) is 8.04. The molecular formula is C11H11N3O3. The van der Waals surface area contributed by atoms with Crippen molar-refractivity contribution in [2.45, 2.75) is 12.5 Å². The second kappa shape index (κ2) is 5.69. The van der Waals surface area contributed by atoms with E-state index in [2.05, 4.69) is 4.79 Å². The highest BCUT2D eigenvalue weighted by Gasteiger charge is 2.12. The van der Waals surface area contributed by atoms with Crippen LogP contribution in [0.3, 0.4) is 0 Å². The van der Waals surface area contributed by atoms with Gasteiger partial charge in [-0.2, -0.15) is 4.79 Å². The Balaban J connectivity index is 2.78. The number of ketones is 1. The van der Waals surface area contributed by atoms with Gasteiger partial charge < -0.3 is 16.4 Å². The Morgan fingerprint density at radius 1 is 1.41 bits per heavy atom. The Kier molecular flexibility index (Phi) is 4.28. The highest BCUT2D eigenvalue weighted by atomic mass is 16.4. The van der Waals surface area contributed by atoms with E-state index in [4.69, 9.17) is 16.4 Å². The summed E-state index contributed by atoms with van der Waals surface area (Å²) < 4.78 is 0. The lowest BCUT2D eigenvalue weighted by Crippen LogP contribution is -2.32. The molecule has 0 aromatic heterocycles. The van der Waals surface area contributed by atoms with Gasteiger partial charge in [-0.1, -0.05) is 24.3 Å². The minimum Gasteiger partial charge on any atom is -0.480 e. The lowest BCUT2D eigenvalue weighted by Gasteiger charge is -2.06. The molecule has 3 N–H and O–H groups in total. The molecule has 0 amide bonds. The molecule has 1 aromatic carbocycles. The molecule has 0 unspecified atom stereocenters. The van der Waals surface area contributed by atoms with Crippen molar-refractivity contribution in [2.24, 2.45) is 5.73 Å². The van der Waals surface area contributed by atoms with Gasteiger partial charge in [-0.25, -0.2) is 0 Å². The normalized spacial score (nSPS) is 11.4. The van der Waals surface area contributed by atoms with Crippen LogP contribution in [0.2, 0.25) is 0 Å². The summed E-state index contributed by atoms with van der Waals surface area (Å²) in [5.74, 6) is -1.50. The largest absolute Gasteiger partial charge is 0.480 e. The van der Waals surface area contributed by atoms with Crippen molar-refractivity contribution in [1.29, 1.82) is 0 Å². The molecule has 0 fully saturated rings. The Morgan fingerprint density at radius 3 is 2.47 bits per heavy atom. The van der Waals surface area contributed by atoms with Gasteiger partial charge in [0, 0.05) is 5.56 Å². The fraction of sp³-hybridized carbons (Fsp3) is 0.182. The highest BCUT2D eigenvalue weighted by molar-refractivity contribution is 6.33. The number of hydrogen-bond donors (Lipinski definition) is 2. The average molecular weight is 233 g/mol. The van der Waals surface area contributed by atoms with Crippen LogP contribution in [-0.4, -0.2) is 33.9 Å². The standard InChI is InChI=1S/C11H11N3O3/c12-9(11(16)17)5-7-1-3-8(4-2-7)10(15)6-14-13/h1-4,6,9H,5,12H2,(H,16,17)/t9-/m0/s1. The molecule has 6 heteroatoms. The molecule has 0 saturated carbocycles. The van der Waals surface area contributed by atoms with Crippen LogP contribution in [0.1, 0.15) is 15.9 Å². The van der Waals surface area contributed by atoms with Crippen LogP contribution >= 0.6 is 0 Å². The van der Waals surface area contributed by atoms with Gasteiger partial charge in [0.25, 0.3) is 5.78 Å². The molecule has 0 saturated heterocycles. The highest BCUT2D eigenvalue weighted by Crippen LogP contribution is 2.06. The van der Waals surface area contributed by atoms with E-state index in [-0.39, 0.29) is 6.42 Å². The van der Waals surface area contributed by atoms with E-state index in [1.807, 2.05) is 0 Å². The minimum absolute atomic E-state index is 0.192. The van der Waals surface area contributed by atoms with Gasteiger partial charge in [0.15, 0.2) is 0 Å². The number of hydrogen-bond acceptors (Lipinski definition) is 3. The van der Waals surface area contributed by atoms with Crippen LogP contribution in [0.15, 0.2) is 24.3 Å². The summed E-state index contributed by atoms with van der Waals surface area (Å²) in [7, 11) is 0. The van der Waals surface area contributed by atoms with Gasteiger partial charge in [0.2, 0.25) is 0 Å². The third-order valence-electron chi connectivity index (χ3n) is 2.19. The van der Waals surface area contributed by atoms with Crippen LogP contribution in [-0.2, 0) is 11.2 Å². The number of rotatable bonds is 5. The van der Waals surface area contributed by atoms with Crippen LogP contribution in [0.4, 0.5) is 0 Å². The van der Waals surface area contributed by atoms with Gasteiger partial charge in [-0.05, 0) is 12.0 Å². The zero-order chi connectivity index (χ0) is 12.8. The molecule has 1 aromatic rings. The Bertz CT molecular complexity index is 475. The Hall–Kier alpha value is -2.30. The number of nitrogens with zero attached hydrogens (tertiary/aromatic N) is 2. The second-order valence-corrected chi connectivity index (χ2v) is 3.45. The number of carbonyl (C=O) groups excluding carboxylic acids is 1. The van der Waals surface area contributed by atoms with Crippen LogP contribution in [0, 0.1) is 0 Å². The quantitative estimate of drug-likeness (QED) is 0.325. The van der Waals surface area contributed by atoms with E-state index in [0.29, 0.717) is 5.56 Å². The smallest absolute Gasteiger partial charge is 0.328 e. The van der Waals surface area contributed by atoms with Gasteiger partial charge in [-0.15, -0.1) is 0 Å². The molecule has 6 nitrogen and oxygen atoms in total. The summed E-state index contributed by atoms with van der Waals surface area (Å²) in [6.07, 6.45) is 0.982. The second-order valence-electron chi connectivity index (χ2n) is 3.45. The van der Waals surface area contributed by atoms with Crippen molar-refractivity contribution in [3.63, 3.8) is 0 Å². The number of carboxylic acid groups (broad SMARTS) is 1. The van der Waals surface area contributed by atoms with Crippen molar-refractivity contribution in [3.05, 3.63) is 40.9 Å². The third kappa shape index (κ3) is 3.64. The predicted octanol–water partition coefficient (Wildman–Crippen LogP) is 0.124. The topological polar surface area (TPSA) is 117 Å². The van der Waals surface area contributed by atoms with E-state index < -0.39 is 17.8 Å². The first-order valence-electron chi connectivity index (χ1n) is 4.83. The summed E-state index contributed by atoms with van der Waals surface area (Å²) in [5, 5.41) is 8.63. The summed E-state index contributed by atoms with van der Waals surface area (Å²) in [6, 6.07) is 5.31. The van der Waals surface area contributed by atoms with Gasteiger partial charge >= 0.3 is 12.2 Å². The number of carboxylic acids is 1. The van der Waals surface area contributed by atoms with Crippen molar-refractivity contribution in [2.75, 3.05) is 0 Å². The predicted molar refractivity (Wildman–Crippen MR) is 59.8 cm³/mol. The molecule has 88 valence electrons. The molecule has 0 aliphatic heterocycles. The zero-order valence-electron chi connectivity index (χ0n) is 8.91. The summed E-state index contributed by atoms with van der Waals surface area (Å²) in [4.78, 5) is 24.4. The molecule has 0 aliphatic rings. The maximum Gasteiger partial charge on any atom is 0.328 e. The molecule has 0 bridgehead atoms. The SMILES string of the molecule is [N-]=[N+]=CC(=O)c1ccc(C[C@H](N)C(=O)O)cc1. The number of nitrogens with two attached hydrogens (primary N) is 1. The minimum atomic E-state index is -1.07. The average Bonchev–Trinajstić information content (AvgIpc) is 2.30. The number of Topliss-reactive ketones (excluding diaryl/α,β-unsaturated/α-hetero) is 1. The number of aliphatic carboxylic acids is 1. The number of benzene rings is 1. The summed E-state index contributed by atoms with van der Waals surface area (Å²) in [5.41, 5.74) is 14.6. The van der Waals surface area contributed by atoms with E-state index >= 15 is 0 Å². The summed E-state index contributed by atoms with van der Waals surface area (Å²) >= 11 is 0. The van der Waals surface area contributed by atoms with Gasteiger partial charge in [-0.3, -0.25) is 9.59 Å². The Morgan fingerprint density at radius 2 is 2.00 bits per heavy atom. The molecular weight excluding hydrogens is 222 g/mol. The van der Waals surface area contributed by atoms with E-state index in [1.165, 1.54) is 12.1 Å². The summed E-state index contributed by atoms with van der Waals surface area (Å²) in [6.45, 7) is 0. The first-order valence-corrected chi connectivity index (χ1v) is 4.83. The fourth-order valence-corrected chi connectivity index (χ4v) is 1.27. The molecule has 0 aliphatic carbocycles. The maximum atomic E-state index is 11.3. The van der Waals surface area contributed by atoms with E-state index in [9.17, 15) is 9.59 Å². The van der Waals surface area contributed by atoms with Crippen molar-refractivity contribution in [3.8, 4) is 0 Å². The first kappa shape index (κ1) is 12.8. The van der Waals surface area contributed by atoms with Crippen LogP contribution < -0.4 is 5.73 Å². The molecule has 0 heterocycles. The lowest BCUT2D eigenvalue weighted by molar-refractivity contribution is -0.138. The van der Waals surface area contributed by atoms with Gasteiger partial charge in [0.1, 0.15) is 6.04 Å². The molecule has 17 heavy (non-hydrogen) atoms. The molecule has 1 rings (SSSR count). The van der Waals surface area contributed by atoms with Crippen molar-refractivity contribution in [1.82, 2.24) is 0 Å². The molecule has 0 radical (unpaired) electrons. The Labute approximate surface area is 97.3 Å². The van der Waals surface area contributed by atoms with Crippen molar-refractivity contribution >= 4 is 18.0 Å². The van der Waals surface area contributed by atoms with Crippen LogP contribution in [0.25, 0.3) is 5.53 Å². The van der Waals surface area contributed by atoms with E-state index in [1.54, 1.807) is 12.1 Å². The van der Waals surface area contributed by atoms with Gasteiger partial charge in [0.05, 0.1) is 0 Å². The lowest BCUT2D eigenvalue weighted by atomic mass is 10.0. The monoisotopic (exact) mass is 233 g/mol. The third-order valence-corrected chi connectivity index (χ3v) is 2.19. The van der Waals surface area contributed by atoms with E-state index in [0.717, 1.165) is 11.8 Å². The molecule has 1 atom stereocenters. The van der Waals surface area contributed by atoms with Crippen molar-refractivity contribution < 1.29 is 19.5 Å². The maximum absolute atomic E-state index is 11.3. The zero-order valence-corrected chi connectivity index (χ0v) is 8.91. The fourth-order valence-electron chi connectivity index (χ4n) is 1.27. The van der Waals surface area contributed by atoms with Crippen LogP contribution in [0.5, 0.6) is 0 Å². The number of carbonyl (C=O) groups is 2. The molecule has 0 spiro atoms.